The van der Waals surface area contributed by atoms with Crippen molar-refractivity contribution in [1.82, 2.24) is 0 Å². The molecule has 0 heterocycles. The van der Waals surface area contributed by atoms with Crippen molar-refractivity contribution in [2.75, 3.05) is 0 Å². The molecule has 0 amide bonds. The van der Waals surface area contributed by atoms with E-state index in [0.717, 1.165) is 33.1 Å². The quantitative estimate of drug-likeness (QED) is 0.131. The Balaban J connectivity index is 0. The first kappa shape index (κ1) is 32.9. The fourth-order valence-corrected chi connectivity index (χ4v) is 3.29. The van der Waals surface area contributed by atoms with Gasteiger partial charge in [-0.1, -0.05) is 96.8 Å². The molecule has 7 heteroatoms. The summed E-state index contributed by atoms with van der Waals surface area (Å²) in [5.41, 5.74) is -2.36. The van der Waals surface area contributed by atoms with Gasteiger partial charge in [-0.15, -0.1) is 0 Å². The minimum absolute atomic E-state index is 0. The summed E-state index contributed by atoms with van der Waals surface area (Å²) in [6, 6.07) is 0. The fraction of sp³-hybridized carbons (Fsp3) is 0.875. The number of hydrogen-bond acceptors (Lipinski definition) is 6. The number of aliphatic hydroxyl groups is 2. The molecule has 0 radical (unpaired) electrons. The van der Waals surface area contributed by atoms with Crippen LogP contribution in [0.25, 0.3) is 0 Å². The van der Waals surface area contributed by atoms with Gasteiger partial charge in [0.25, 0.3) is 0 Å². The average molecular weight is 453 g/mol. The van der Waals surface area contributed by atoms with Crippen molar-refractivity contribution in [3.05, 3.63) is 0 Å². The van der Waals surface area contributed by atoms with E-state index in [1.54, 1.807) is 0 Å². The second-order valence-electron chi connectivity index (χ2n) is 8.58. The number of carbonyl (C=O) groups is 3. The molecule has 2 N–H and O–H groups in total. The Morgan fingerprint density at radius 2 is 1.13 bits per heavy atom. The van der Waals surface area contributed by atoms with Crippen LogP contribution in [0.3, 0.4) is 0 Å². The zero-order valence-electron chi connectivity index (χ0n) is 19.4. The number of hydrogen-bond donors (Lipinski definition) is 2. The van der Waals surface area contributed by atoms with E-state index in [2.05, 4.69) is 11.7 Å². The second-order valence-corrected chi connectivity index (χ2v) is 8.58. The summed E-state index contributed by atoms with van der Waals surface area (Å²) in [4.78, 5) is 35.0. The van der Waals surface area contributed by atoms with Crippen molar-refractivity contribution in [1.29, 1.82) is 0 Å². The summed E-state index contributed by atoms with van der Waals surface area (Å²) in [6.45, 7) is 4.41. The topological polar surface area (TPSA) is 101 Å². The Morgan fingerprint density at radius 1 is 0.774 bits per heavy atom. The fourth-order valence-electron chi connectivity index (χ4n) is 3.29. The molecule has 0 aliphatic heterocycles. The van der Waals surface area contributed by atoms with Gasteiger partial charge in [-0.3, -0.25) is 4.79 Å². The maximum absolute atomic E-state index is 12.1. The normalized spacial score (nSPS) is 13.7. The third kappa shape index (κ3) is 16.9. The molecule has 0 bridgehead atoms. The van der Waals surface area contributed by atoms with E-state index in [1.165, 1.54) is 70.6 Å². The molecule has 0 aromatic heterocycles. The first-order valence-electron chi connectivity index (χ1n) is 11.9. The van der Waals surface area contributed by atoms with Gasteiger partial charge in [0.2, 0.25) is 5.60 Å². The molecule has 178 valence electrons. The van der Waals surface area contributed by atoms with Gasteiger partial charge in [0.15, 0.2) is 5.78 Å². The molecule has 0 spiro atoms. The molecule has 0 aromatic rings. The Hall–Kier alpha value is -0.270. The van der Waals surface area contributed by atoms with Crippen LogP contribution in [0.5, 0.6) is 0 Å². The minimum atomic E-state index is -2.36. The molecule has 31 heavy (non-hydrogen) atoms. The van der Waals surface area contributed by atoms with Crippen LogP contribution in [-0.2, 0) is 19.1 Å². The molecule has 0 saturated carbocycles. The van der Waals surface area contributed by atoms with Crippen molar-refractivity contribution in [2.45, 2.75) is 135 Å². The Morgan fingerprint density at radius 3 is 1.48 bits per heavy atom. The number of carbonyl (C=O) groups excluding carboxylic acids is 3. The summed E-state index contributed by atoms with van der Waals surface area (Å²) in [6.07, 6.45) is 16.8. The van der Waals surface area contributed by atoms with E-state index in [4.69, 9.17) is 5.11 Å². The molecule has 0 aliphatic rings. The van der Waals surface area contributed by atoms with Gasteiger partial charge < -0.3 is 14.9 Å². The van der Waals surface area contributed by atoms with E-state index < -0.39 is 29.4 Å². The standard InChI is InChI=1S/C24H44O6.Na.H/c1-4-5-6-7-8-9-10-11-12-13-14-15-16-17-18-19-21(26)24(3,29)23(28)30-22(27)20(2)25;;/h20,25,29H,4-19H2,1-3H3;;. The summed E-state index contributed by atoms with van der Waals surface area (Å²) in [5.74, 6) is -3.18. The molecule has 2 atom stereocenters. The van der Waals surface area contributed by atoms with Crippen LogP contribution in [0.1, 0.15) is 124 Å². The number of ketones is 1. The van der Waals surface area contributed by atoms with E-state index in [1.807, 2.05) is 0 Å². The van der Waals surface area contributed by atoms with Crippen LogP contribution in [0.2, 0.25) is 0 Å². The zero-order chi connectivity index (χ0) is 22.8. The summed E-state index contributed by atoms with van der Waals surface area (Å²) in [7, 11) is 0. The van der Waals surface area contributed by atoms with Crippen molar-refractivity contribution < 1.29 is 29.3 Å². The van der Waals surface area contributed by atoms with Crippen molar-refractivity contribution in [2.24, 2.45) is 0 Å². The van der Waals surface area contributed by atoms with Gasteiger partial charge in [-0.05, 0) is 20.3 Å². The molecular weight excluding hydrogens is 407 g/mol. The van der Waals surface area contributed by atoms with Crippen molar-refractivity contribution in [3.63, 3.8) is 0 Å². The zero-order valence-corrected chi connectivity index (χ0v) is 19.4. The van der Waals surface area contributed by atoms with Crippen LogP contribution in [0.4, 0.5) is 0 Å². The molecule has 6 nitrogen and oxygen atoms in total. The number of aliphatic hydroxyl groups excluding tert-OH is 1. The third-order valence-electron chi connectivity index (χ3n) is 5.48. The number of Topliss-reactive ketones (excluding diaryl/α,β-unsaturated/α-hetero) is 1. The number of ether oxygens (including phenoxy) is 1. The van der Waals surface area contributed by atoms with Crippen LogP contribution in [0.15, 0.2) is 0 Å². The third-order valence-corrected chi connectivity index (χ3v) is 5.48. The molecule has 0 fully saturated rings. The molecular formula is C24H45NaO6. The summed E-state index contributed by atoms with van der Waals surface area (Å²) < 4.78 is 4.33. The Labute approximate surface area is 211 Å². The molecule has 0 rings (SSSR count). The Bertz CT molecular complexity index is 490. The monoisotopic (exact) mass is 452 g/mol. The SMILES string of the molecule is CCCCCCCCCCCCCCCCCC(=O)C(C)(O)C(=O)OC(=O)C(C)O.[NaH]. The van der Waals surface area contributed by atoms with Gasteiger partial charge in [0.1, 0.15) is 6.10 Å². The maximum atomic E-state index is 12.1. The average Bonchev–Trinajstić information content (AvgIpc) is 2.70. The molecule has 0 aliphatic carbocycles. The van der Waals surface area contributed by atoms with Gasteiger partial charge in [-0.25, -0.2) is 9.59 Å². The first-order chi connectivity index (χ1) is 14.2. The predicted octanol–water partition coefficient (Wildman–Crippen LogP) is 4.37. The molecule has 0 aromatic carbocycles. The van der Waals surface area contributed by atoms with E-state index in [0.29, 0.717) is 6.42 Å². The van der Waals surface area contributed by atoms with Crippen LogP contribution < -0.4 is 0 Å². The van der Waals surface area contributed by atoms with Crippen LogP contribution in [-0.4, -0.2) is 69.2 Å². The van der Waals surface area contributed by atoms with Gasteiger partial charge >= 0.3 is 41.5 Å². The Kier molecular flexibility index (Phi) is 21.6. The van der Waals surface area contributed by atoms with E-state index >= 15 is 0 Å². The van der Waals surface area contributed by atoms with Crippen molar-refractivity contribution in [3.8, 4) is 0 Å². The molecule has 2 unspecified atom stereocenters. The number of unbranched alkanes of at least 4 members (excludes halogenated alkanes) is 14. The number of esters is 2. The predicted molar refractivity (Wildman–Crippen MR) is 125 cm³/mol. The van der Waals surface area contributed by atoms with Gasteiger partial charge in [0.05, 0.1) is 0 Å². The first-order valence-corrected chi connectivity index (χ1v) is 11.9. The van der Waals surface area contributed by atoms with Gasteiger partial charge in [0, 0.05) is 6.42 Å². The van der Waals surface area contributed by atoms with Crippen LogP contribution >= 0.6 is 0 Å². The van der Waals surface area contributed by atoms with Crippen LogP contribution in [0, 0.1) is 0 Å². The summed E-state index contributed by atoms with van der Waals surface area (Å²) in [5, 5.41) is 19.1. The summed E-state index contributed by atoms with van der Waals surface area (Å²) >= 11 is 0. The second kappa shape index (κ2) is 20.3. The van der Waals surface area contributed by atoms with E-state index in [-0.39, 0.29) is 36.0 Å². The van der Waals surface area contributed by atoms with E-state index in [9.17, 15) is 19.5 Å². The van der Waals surface area contributed by atoms with Crippen molar-refractivity contribution >= 4 is 47.3 Å². The molecule has 0 saturated heterocycles. The number of rotatable bonds is 19. The van der Waals surface area contributed by atoms with Gasteiger partial charge in [-0.2, -0.15) is 0 Å².